The molecule has 1 aromatic heterocycles. The number of hydrogen-bond donors (Lipinski definition) is 0. The van der Waals surface area contributed by atoms with E-state index >= 15 is 0 Å². The number of aromatic nitrogens is 1. The second-order valence-corrected chi connectivity index (χ2v) is 5.48. The van der Waals surface area contributed by atoms with Gasteiger partial charge in [-0.3, -0.25) is 9.59 Å². The maximum absolute atomic E-state index is 12.2. The number of carbonyl (C=O) groups is 3. The lowest BCUT2D eigenvalue weighted by Gasteiger charge is -2.10. The van der Waals surface area contributed by atoms with E-state index in [4.69, 9.17) is 4.74 Å². The number of benzene rings is 1. The second-order valence-electron chi connectivity index (χ2n) is 5.48. The van der Waals surface area contributed by atoms with Gasteiger partial charge in [-0.2, -0.15) is 0 Å². The monoisotopic (exact) mass is 312 g/mol. The molecule has 0 radical (unpaired) electrons. The van der Waals surface area contributed by atoms with Crippen LogP contribution in [-0.4, -0.2) is 35.9 Å². The lowest BCUT2D eigenvalue weighted by Crippen LogP contribution is -2.20. The third-order valence-corrected chi connectivity index (χ3v) is 3.97. The van der Waals surface area contributed by atoms with E-state index in [0.717, 1.165) is 11.3 Å². The van der Waals surface area contributed by atoms with Gasteiger partial charge < -0.3 is 14.2 Å². The number of carbonyl (C=O) groups excluding carboxylic acids is 3. The summed E-state index contributed by atoms with van der Waals surface area (Å²) in [7, 11) is 3.43. The van der Waals surface area contributed by atoms with Gasteiger partial charge in [0.1, 0.15) is 5.69 Å². The van der Waals surface area contributed by atoms with Crippen LogP contribution >= 0.6 is 0 Å². The van der Waals surface area contributed by atoms with E-state index in [9.17, 15) is 14.4 Å². The van der Waals surface area contributed by atoms with Crippen molar-refractivity contribution in [3.63, 3.8) is 0 Å². The van der Waals surface area contributed by atoms with Crippen LogP contribution in [0.25, 0.3) is 0 Å². The summed E-state index contributed by atoms with van der Waals surface area (Å²) in [5, 5.41) is 0. The molecule has 6 nitrogen and oxygen atoms in total. The Morgan fingerprint density at radius 2 is 2.00 bits per heavy atom. The Bertz CT molecular complexity index is 807. The van der Waals surface area contributed by atoms with Gasteiger partial charge in [-0.1, -0.05) is 0 Å². The molecule has 2 aromatic rings. The normalized spacial score (nSPS) is 13.1. The fourth-order valence-corrected chi connectivity index (χ4v) is 2.61. The average Bonchev–Trinajstić information content (AvgIpc) is 3.08. The molecule has 0 saturated heterocycles. The van der Waals surface area contributed by atoms with Crippen LogP contribution in [0.5, 0.6) is 0 Å². The Balaban J connectivity index is 1.68. The van der Waals surface area contributed by atoms with Crippen LogP contribution in [0.15, 0.2) is 36.5 Å². The van der Waals surface area contributed by atoms with Crippen LogP contribution in [0, 0.1) is 0 Å². The number of anilines is 1. The lowest BCUT2D eigenvalue weighted by molar-refractivity contribution is -0.117. The van der Waals surface area contributed by atoms with Gasteiger partial charge in [0.05, 0.1) is 6.42 Å². The summed E-state index contributed by atoms with van der Waals surface area (Å²) in [6, 6.07) is 8.44. The van der Waals surface area contributed by atoms with E-state index < -0.39 is 5.97 Å². The Kier molecular flexibility index (Phi) is 3.73. The zero-order valence-corrected chi connectivity index (χ0v) is 12.9. The molecule has 1 amide bonds. The summed E-state index contributed by atoms with van der Waals surface area (Å²) in [5.74, 6) is -0.834. The topological polar surface area (TPSA) is 68.6 Å². The summed E-state index contributed by atoms with van der Waals surface area (Å²) in [6.45, 7) is -0.327. The molecule has 0 spiro atoms. The van der Waals surface area contributed by atoms with Gasteiger partial charge in [0.15, 0.2) is 12.4 Å². The number of rotatable bonds is 4. The van der Waals surface area contributed by atoms with Crippen molar-refractivity contribution < 1.29 is 19.1 Å². The van der Waals surface area contributed by atoms with E-state index in [1.807, 2.05) is 0 Å². The number of ketones is 1. The van der Waals surface area contributed by atoms with Gasteiger partial charge >= 0.3 is 5.97 Å². The Hall–Kier alpha value is -2.89. The van der Waals surface area contributed by atoms with Crippen LogP contribution < -0.4 is 4.90 Å². The maximum Gasteiger partial charge on any atom is 0.355 e. The molecule has 0 aliphatic carbocycles. The largest absolute Gasteiger partial charge is 0.453 e. The Morgan fingerprint density at radius 3 is 2.70 bits per heavy atom. The smallest absolute Gasteiger partial charge is 0.355 e. The number of hydrogen-bond acceptors (Lipinski definition) is 4. The summed E-state index contributed by atoms with van der Waals surface area (Å²) in [4.78, 5) is 37.3. The number of nitrogens with zero attached hydrogens (tertiary/aromatic N) is 2. The summed E-state index contributed by atoms with van der Waals surface area (Å²) in [5.41, 5.74) is 2.45. The second kappa shape index (κ2) is 5.72. The molecule has 0 atom stereocenters. The molecule has 0 fully saturated rings. The Labute approximate surface area is 133 Å². The molecule has 23 heavy (non-hydrogen) atoms. The predicted molar refractivity (Wildman–Crippen MR) is 83.6 cm³/mol. The van der Waals surface area contributed by atoms with Crippen molar-refractivity contribution in [2.45, 2.75) is 6.42 Å². The van der Waals surface area contributed by atoms with E-state index in [1.165, 1.54) is 0 Å². The van der Waals surface area contributed by atoms with Gasteiger partial charge in [-0.15, -0.1) is 0 Å². The Morgan fingerprint density at radius 1 is 1.22 bits per heavy atom. The van der Waals surface area contributed by atoms with Crippen LogP contribution in [-0.2, 0) is 23.0 Å². The molecule has 6 heteroatoms. The van der Waals surface area contributed by atoms with E-state index in [1.54, 1.807) is 60.1 Å². The van der Waals surface area contributed by atoms with Gasteiger partial charge in [-0.25, -0.2) is 4.79 Å². The molecule has 2 heterocycles. The molecule has 0 saturated carbocycles. The lowest BCUT2D eigenvalue weighted by atomic mass is 10.1. The highest BCUT2D eigenvalue weighted by Crippen LogP contribution is 2.28. The molecule has 1 aromatic carbocycles. The van der Waals surface area contributed by atoms with Gasteiger partial charge in [-0.05, 0) is 35.9 Å². The number of aryl methyl sites for hydroxylation is 1. The number of fused-ring (bicyclic) bond motifs is 1. The van der Waals surface area contributed by atoms with Crippen LogP contribution in [0.3, 0.4) is 0 Å². The summed E-state index contributed by atoms with van der Waals surface area (Å²) < 4.78 is 6.69. The van der Waals surface area contributed by atoms with Crippen LogP contribution in [0.2, 0.25) is 0 Å². The minimum atomic E-state index is -0.540. The van der Waals surface area contributed by atoms with Crippen molar-refractivity contribution in [3.8, 4) is 0 Å². The molecule has 118 valence electrons. The third-order valence-electron chi connectivity index (χ3n) is 3.97. The first-order chi connectivity index (χ1) is 11.0. The summed E-state index contributed by atoms with van der Waals surface area (Å²) >= 11 is 0. The SMILES string of the molecule is CN1C(=O)Cc2cc(C(=O)COC(=O)c3cccn3C)ccc21. The fourth-order valence-electron chi connectivity index (χ4n) is 2.61. The number of esters is 1. The van der Waals surface area contributed by atoms with Gasteiger partial charge in [0.25, 0.3) is 0 Å². The molecule has 0 unspecified atom stereocenters. The molecular weight excluding hydrogens is 296 g/mol. The van der Waals surface area contributed by atoms with E-state index in [0.29, 0.717) is 11.3 Å². The number of ether oxygens (including phenoxy) is 1. The zero-order chi connectivity index (χ0) is 16.6. The minimum Gasteiger partial charge on any atom is -0.453 e. The highest BCUT2D eigenvalue weighted by atomic mass is 16.5. The van der Waals surface area contributed by atoms with Gasteiger partial charge in [0.2, 0.25) is 5.91 Å². The van der Waals surface area contributed by atoms with Crippen molar-refractivity contribution in [1.82, 2.24) is 4.57 Å². The van der Waals surface area contributed by atoms with E-state index in [-0.39, 0.29) is 24.7 Å². The number of Topliss-reactive ketones (excluding diaryl/α,β-unsaturated/α-hetero) is 1. The van der Waals surface area contributed by atoms with Crippen LogP contribution in [0.4, 0.5) is 5.69 Å². The van der Waals surface area contributed by atoms with Crippen molar-refractivity contribution in [2.75, 3.05) is 18.6 Å². The average molecular weight is 312 g/mol. The zero-order valence-electron chi connectivity index (χ0n) is 12.9. The van der Waals surface area contributed by atoms with Gasteiger partial charge in [0, 0.05) is 31.5 Å². The van der Waals surface area contributed by atoms with Crippen LogP contribution in [0.1, 0.15) is 26.4 Å². The van der Waals surface area contributed by atoms with Crippen molar-refractivity contribution in [1.29, 1.82) is 0 Å². The predicted octanol–water partition coefficient (Wildman–Crippen LogP) is 1.58. The van der Waals surface area contributed by atoms with E-state index in [2.05, 4.69) is 0 Å². The maximum atomic E-state index is 12.2. The highest BCUT2D eigenvalue weighted by Gasteiger charge is 2.25. The fraction of sp³-hybridized carbons (Fsp3) is 0.235. The molecular formula is C17H16N2O4. The minimum absolute atomic E-state index is 0.000246. The molecule has 3 rings (SSSR count). The number of likely N-dealkylation sites (N-methyl/N-ethyl adjacent to an activating group) is 1. The quantitative estimate of drug-likeness (QED) is 0.635. The van der Waals surface area contributed by atoms with Crippen molar-refractivity contribution in [2.24, 2.45) is 7.05 Å². The van der Waals surface area contributed by atoms with Crippen molar-refractivity contribution in [3.05, 3.63) is 53.3 Å². The number of amides is 1. The standard InChI is InChI=1S/C17H16N2O4/c1-18-7-3-4-14(18)17(22)23-10-15(20)11-5-6-13-12(8-11)9-16(21)19(13)2/h3-8H,9-10H2,1-2H3. The van der Waals surface area contributed by atoms with Crippen molar-refractivity contribution >= 4 is 23.3 Å². The first kappa shape index (κ1) is 15.0. The third kappa shape index (κ3) is 2.75. The summed E-state index contributed by atoms with van der Waals surface area (Å²) in [6.07, 6.45) is 2.02. The molecule has 1 aliphatic rings. The molecule has 1 aliphatic heterocycles. The highest BCUT2D eigenvalue weighted by molar-refractivity contribution is 6.04. The first-order valence-corrected chi connectivity index (χ1v) is 7.18. The first-order valence-electron chi connectivity index (χ1n) is 7.18. The molecule has 0 bridgehead atoms. The molecule has 0 N–H and O–H groups in total.